The Morgan fingerprint density at radius 1 is 0.818 bits per heavy atom. The maximum absolute atomic E-state index is 12.2. The van der Waals surface area contributed by atoms with Gasteiger partial charge in [0.05, 0.1) is 26.0 Å². The summed E-state index contributed by atoms with van der Waals surface area (Å²) in [6.07, 6.45) is 7.77. The first-order valence-corrected chi connectivity index (χ1v) is 14.8. The fraction of sp³-hybridized carbons (Fsp3) is 0.294. The van der Waals surface area contributed by atoms with Crippen LogP contribution in [0.25, 0.3) is 11.0 Å². The molecule has 10 nitrogen and oxygen atoms in total. The van der Waals surface area contributed by atoms with Crippen LogP contribution >= 0.6 is 0 Å². The second-order valence-electron chi connectivity index (χ2n) is 10.3. The molecule has 1 aliphatic rings. The standard InChI is InChI=1S/C34H37N3O7/c1-24(38)36-21-29-23-43-32-14-12-28(20-33(32)44-29)41-18-8-3-2-7-17-40-27-11-13-31-30(19-27)25(22-42-31)15-16-35-34(39)37-26-9-5-4-6-10-26/h4-6,9-14,19-20,22-23H,2-3,7-8,15-18,21H2,1H3,(H,36,38)(H2,35,37,39). The molecule has 0 fully saturated rings. The number of hydrogen-bond acceptors (Lipinski definition) is 7. The quantitative estimate of drug-likeness (QED) is 0.132. The summed E-state index contributed by atoms with van der Waals surface area (Å²) in [5, 5.41) is 9.38. The van der Waals surface area contributed by atoms with Crippen LogP contribution in [0.2, 0.25) is 0 Å². The molecule has 0 unspecified atom stereocenters. The number of urea groups is 1. The molecule has 1 aliphatic heterocycles. The molecular weight excluding hydrogens is 562 g/mol. The Morgan fingerprint density at radius 3 is 2.34 bits per heavy atom. The lowest BCUT2D eigenvalue weighted by Gasteiger charge is -2.19. The van der Waals surface area contributed by atoms with E-state index in [1.54, 1.807) is 18.4 Å². The van der Waals surface area contributed by atoms with E-state index in [0.29, 0.717) is 49.2 Å². The molecule has 10 heteroatoms. The Labute approximate surface area is 256 Å². The lowest BCUT2D eigenvalue weighted by molar-refractivity contribution is -0.118. The van der Waals surface area contributed by atoms with Crippen molar-refractivity contribution < 1.29 is 33.0 Å². The molecule has 2 heterocycles. The lowest BCUT2D eigenvalue weighted by atomic mass is 10.1. The van der Waals surface area contributed by atoms with E-state index >= 15 is 0 Å². The number of amides is 3. The number of benzene rings is 3. The highest BCUT2D eigenvalue weighted by atomic mass is 16.6. The third-order valence-corrected chi connectivity index (χ3v) is 6.90. The summed E-state index contributed by atoms with van der Waals surface area (Å²) >= 11 is 0. The van der Waals surface area contributed by atoms with Crippen LogP contribution in [0.15, 0.2) is 89.4 Å². The minimum absolute atomic E-state index is 0.137. The third-order valence-electron chi connectivity index (χ3n) is 6.90. The van der Waals surface area contributed by atoms with Gasteiger partial charge >= 0.3 is 6.03 Å². The van der Waals surface area contributed by atoms with Crippen LogP contribution in [0.3, 0.4) is 0 Å². The molecule has 0 spiro atoms. The molecular formula is C34H37N3O7. The first-order chi connectivity index (χ1) is 21.5. The van der Waals surface area contributed by atoms with Crippen molar-refractivity contribution in [3.05, 3.63) is 90.6 Å². The highest BCUT2D eigenvalue weighted by Crippen LogP contribution is 2.35. The van der Waals surface area contributed by atoms with Gasteiger partial charge in [0.2, 0.25) is 5.91 Å². The number of furan rings is 1. The largest absolute Gasteiger partial charge is 0.494 e. The van der Waals surface area contributed by atoms with Crippen molar-refractivity contribution in [3.63, 3.8) is 0 Å². The molecule has 44 heavy (non-hydrogen) atoms. The average Bonchev–Trinajstić information content (AvgIpc) is 3.43. The Bertz CT molecular complexity index is 1580. The molecule has 0 aliphatic carbocycles. The van der Waals surface area contributed by atoms with E-state index in [0.717, 1.165) is 53.7 Å². The number of unbranched alkanes of at least 4 members (excludes halogenated alkanes) is 3. The summed E-state index contributed by atoms with van der Waals surface area (Å²) in [5.41, 5.74) is 2.56. The summed E-state index contributed by atoms with van der Waals surface area (Å²) in [6.45, 7) is 3.41. The summed E-state index contributed by atoms with van der Waals surface area (Å²) in [4.78, 5) is 23.3. The molecule has 3 amide bonds. The zero-order chi connectivity index (χ0) is 30.6. The average molecular weight is 600 g/mol. The SMILES string of the molecule is CC(=O)NCC1=COc2ccc(OCCCCCCOc3ccc4occ(CCNC(=O)Nc5ccccc5)c4c3)cc2O1. The van der Waals surface area contributed by atoms with Gasteiger partial charge in [-0.05, 0) is 74.6 Å². The normalized spacial score (nSPS) is 11.9. The van der Waals surface area contributed by atoms with Gasteiger partial charge in [-0.1, -0.05) is 18.2 Å². The summed E-state index contributed by atoms with van der Waals surface area (Å²) < 4.78 is 29.0. The van der Waals surface area contributed by atoms with Gasteiger partial charge in [0, 0.05) is 36.2 Å². The Morgan fingerprint density at radius 2 is 1.57 bits per heavy atom. The molecule has 0 radical (unpaired) electrons. The second kappa shape index (κ2) is 15.4. The van der Waals surface area contributed by atoms with Crippen molar-refractivity contribution in [2.75, 3.05) is 31.6 Å². The molecule has 230 valence electrons. The number of ether oxygens (including phenoxy) is 4. The first-order valence-electron chi connectivity index (χ1n) is 14.8. The maximum Gasteiger partial charge on any atom is 0.319 e. The number of carbonyl (C=O) groups is 2. The predicted octanol–water partition coefficient (Wildman–Crippen LogP) is 6.56. The molecule has 3 N–H and O–H groups in total. The first kappa shape index (κ1) is 30.3. The summed E-state index contributed by atoms with van der Waals surface area (Å²) in [5.74, 6) is 3.05. The highest BCUT2D eigenvalue weighted by molar-refractivity contribution is 5.89. The molecule has 0 atom stereocenters. The van der Waals surface area contributed by atoms with Gasteiger partial charge in [-0.15, -0.1) is 0 Å². The molecule has 0 saturated heterocycles. The van der Waals surface area contributed by atoms with Crippen molar-refractivity contribution >= 4 is 28.6 Å². The van der Waals surface area contributed by atoms with E-state index in [4.69, 9.17) is 23.4 Å². The molecule has 1 aromatic heterocycles. The minimum atomic E-state index is -0.241. The Hall–Kier alpha value is -5.12. The van der Waals surface area contributed by atoms with Crippen molar-refractivity contribution in [1.82, 2.24) is 10.6 Å². The van der Waals surface area contributed by atoms with Gasteiger partial charge in [-0.25, -0.2) is 4.79 Å². The van der Waals surface area contributed by atoms with Crippen molar-refractivity contribution in [2.45, 2.75) is 39.0 Å². The number of hydrogen-bond donors (Lipinski definition) is 3. The number of para-hydroxylation sites is 1. The van der Waals surface area contributed by atoms with Gasteiger partial charge in [0.25, 0.3) is 0 Å². The molecule has 0 saturated carbocycles. The van der Waals surface area contributed by atoms with Crippen LogP contribution in [-0.2, 0) is 11.2 Å². The van der Waals surface area contributed by atoms with Crippen LogP contribution < -0.4 is 34.9 Å². The molecule has 4 aromatic rings. The van der Waals surface area contributed by atoms with Crippen LogP contribution in [0, 0.1) is 0 Å². The third kappa shape index (κ3) is 8.94. The number of anilines is 1. The van der Waals surface area contributed by atoms with Gasteiger partial charge in [-0.2, -0.15) is 0 Å². The zero-order valence-electron chi connectivity index (χ0n) is 24.7. The summed E-state index contributed by atoms with van der Waals surface area (Å²) in [7, 11) is 0. The summed E-state index contributed by atoms with van der Waals surface area (Å²) in [6, 6.07) is 20.4. The van der Waals surface area contributed by atoms with Gasteiger partial charge in [0.15, 0.2) is 17.3 Å². The minimum Gasteiger partial charge on any atom is -0.494 e. The van der Waals surface area contributed by atoms with Crippen LogP contribution in [0.4, 0.5) is 10.5 Å². The zero-order valence-corrected chi connectivity index (χ0v) is 24.7. The lowest BCUT2D eigenvalue weighted by Crippen LogP contribution is -2.30. The van der Waals surface area contributed by atoms with E-state index in [2.05, 4.69) is 16.0 Å². The van der Waals surface area contributed by atoms with E-state index in [-0.39, 0.29) is 18.5 Å². The van der Waals surface area contributed by atoms with E-state index < -0.39 is 0 Å². The predicted molar refractivity (Wildman–Crippen MR) is 167 cm³/mol. The van der Waals surface area contributed by atoms with Gasteiger partial charge in [-0.3, -0.25) is 4.79 Å². The van der Waals surface area contributed by atoms with Crippen molar-refractivity contribution in [3.8, 4) is 23.0 Å². The highest BCUT2D eigenvalue weighted by Gasteiger charge is 2.16. The maximum atomic E-state index is 12.2. The molecule has 3 aromatic carbocycles. The topological polar surface area (TPSA) is 120 Å². The number of carbonyl (C=O) groups excluding carboxylic acids is 2. The van der Waals surface area contributed by atoms with Crippen molar-refractivity contribution in [2.24, 2.45) is 0 Å². The van der Waals surface area contributed by atoms with E-state index in [9.17, 15) is 9.59 Å². The fourth-order valence-corrected chi connectivity index (χ4v) is 4.63. The van der Waals surface area contributed by atoms with Crippen LogP contribution in [-0.4, -0.2) is 38.2 Å². The number of nitrogens with one attached hydrogen (secondary N) is 3. The fourth-order valence-electron chi connectivity index (χ4n) is 4.63. The van der Waals surface area contributed by atoms with E-state index in [1.807, 2.05) is 54.6 Å². The number of fused-ring (bicyclic) bond motifs is 2. The Kier molecular flexibility index (Phi) is 10.6. The van der Waals surface area contributed by atoms with Crippen molar-refractivity contribution in [1.29, 1.82) is 0 Å². The van der Waals surface area contributed by atoms with Gasteiger partial charge in [0.1, 0.15) is 23.3 Å². The van der Waals surface area contributed by atoms with E-state index in [1.165, 1.54) is 13.2 Å². The molecule has 0 bridgehead atoms. The van der Waals surface area contributed by atoms with Gasteiger partial charge < -0.3 is 39.3 Å². The monoisotopic (exact) mass is 599 g/mol. The second-order valence-corrected chi connectivity index (χ2v) is 10.3. The number of rotatable bonds is 15. The van der Waals surface area contributed by atoms with Crippen LogP contribution in [0.5, 0.6) is 23.0 Å². The Balaban J connectivity index is 0.966. The van der Waals surface area contributed by atoms with Crippen LogP contribution in [0.1, 0.15) is 38.2 Å². The smallest absolute Gasteiger partial charge is 0.319 e. The molecule has 5 rings (SSSR count).